The molecule has 2 amide bonds. The Labute approximate surface area is 148 Å². The van der Waals surface area contributed by atoms with Gasteiger partial charge >= 0.3 is 6.03 Å². The first-order valence-corrected chi connectivity index (χ1v) is 8.90. The summed E-state index contributed by atoms with van der Waals surface area (Å²) in [5.41, 5.74) is 0.826. The minimum Gasteiger partial charge on any atom is -0.493 e. The van der Waals surface area contributed by atoms with E-state index in [1.54, 1.807) is 30.3 Å². The highest BCUT2D eigenvalue weighted by molar-refractivity contribution is 7.90. The number of anilines is 1. The Morgan fingerprint density at radius 2 is 1.88 bits per heavy atom. The van der Waals surface area contributed by atoms with Gasteiger partial charge in [0.2, 0.25) is 0 Å². The van der Waals surface area contributed by atoms with E-state index in [4.69, 9.17) is 20.8 Å². The second-order valence-corrected chi connectivity index (χ2v) is 7.15. The van der Waals surface area contributed by atoms with E-state index in [-0.39, 0.29) is 10.6 Å². The normalized spacial score (nSPS) is 11.3. The van der Waals surface area contributed by atoms with Crippen LogP contribution in [-0.2, 0) is 10.0 Å². The van der Waals surface area contributed by atoms with Crippen molar-refractivity contribution in [3.8, 4) is 5.75 Å². The van der Waals surface area contributed by atoms with Crippen molar-refractivity contribution in [3.05, 3.63) is 53.8 Å². The molecule has 0 spiro atoms. The van der Waals surface area contributed by atoms with Crippen LogP contribution in [0.4, 0.5) is 10.5 Å². The smallest absolute Gasteiger partial charge is 0.333 e. The fourth-order valence-corrected chi connectivity index (χ4v) is 3.28. The molecule has 0 fully saturated rings. The number of hydrogen-bond donors (Lipinski definition) is 2. The highest BCUT2D eigenvalue weighted by Gasteiger charge is 2.21. The number of benzene rings is 2. The van der Waals surface area contributed by atoms with Crippen molar-refractivity contribution < 1.29 is 22.4 Å². The number of rotatable bonds is 4. The Bertz CT molecular complexity index is 1030. The number of nitrogens with one attached hydrogen (secondary N) is 2. The first kappa shape index (κ1) is 17.1. The maximum absolute atomic E-state index is 12.4. The summed E-state index contributed by atoms with van der Waals surface area (Å²) in [6.07, 6.45) is 1.42. The Balaban J connectivity index is 1.83. The van der Waals surface area contributed by atoms with Crippen LogP contribution in [0.1, 0.15) is 0 Å². The molecule has 0 aliphatic heterocycles. The van der Waals surface area contributed by atoms with Crippen LogP contribution in [0.25, 0.3) is 11.0 Å². The van der Waals surface area contributed by atoms with Gasteiger partial charge in [0.1, 0.15) is 0 Å². The second-order valence-electron chi connectivity index (χ2n) is 5.03. The zero-order valence-electron chi connectivity index (χ0n) is 12.9. The predicted molar refractivity (Wildman–Crippen MR) is 93.6 cm³/mol. The zero-order chi connectivity index (χ0) is 18.0. The monoisotopic (exact) mass is 380 g/mol. The van der Waals surface area contributed by atoms with Gasteiger partial charge in [0.25, 0.3) is 10.0 Å². The van der Waals surface area contributed by atoms with Crippen LogP contribution < -0.4 is 14.8 Å². The summed E-state index contributed by atoms with van der Waals surface area (Å²) in [6.45, 7) is 0. The van der Waals surface area contributed by atoms with Crippen LogP contribution in [0, 0.1) is 0 Å². The quantitative estimate of drug-likeness (QED) is 0.720. The second kappa shape index (κ2) is 6.66. The Morgan fingerprint density at radius 3 is 2.56 bits per heavy atom. The van der Waals surface area contributed by atoms with Crippen molar-refractivity contribution in [1.82, 2.24) is 4.72 Å². The number of sulfonamides is 1. The highest BCUT2D eigenvalue weighted by Crippen LogP contribution is 2.30. The van der Waals surface area contributed by atoms with Crippen LogP contribution in [0.5, 0.6) is 5.75 Å². The topological polar surface area (TPSA) is 97.6 Å². The average Bonchev–Trinajstić information content (AvgIpc) is 3.04. The number of hydrogen-bond acceptors (Lipinski definition) is 5. The summed E-state index contributed by atoms with van der Waals surface area (Å²) >= 11 is 5.76. The molecule has 7 nitrogen and oxygen atoms in total. The average molecular weight is 381 g/mol. The predicted octanol–water partition coefficient (Wildman–Crippen LogP) is 3.61. The van der Waals surface area contributed by atoms with Crippen LogP contribution in [0.2, 0.25) is 5.02 Å². The lowest BCUT2D eigenvalue weighted by molar-refractivity contribution is 0.256. The third-order valence-corrected chi connectivity index (χ3v) is 4.91. The molecular weight excluding hydrogens is 368 g/mol. The molecule has 130 valence electrons. The van der Waals surface area contributed by atoms with Crippen LogP contribution >= 0.6 is 11.6 Å². The number of fused-ring (bicyclic) bond motifs is 1. The van der Waals surface area contributed by atoms with Crippen molar-refractivity contribution >= 4 is 44.3 Å². The molecule has 9 heteroatoms. The first-order chi connectivity index (χ1) is 11.9. The van der Waals surface area contributed by atoms with Crippen molar-refractivity contribution in [2.75, 3.05) is 12.4 Å². The van der Waals surface area contributed by atoms with Gasteiger partial charge < -0.3 is 14.5 Å². The van der Waals surface area contributed by atoms with Gasteiger partial charge in [0.05, 0.1) is 18.3 Å². The minimum atomic E-state index is -4.10. The maximum Gasteiger partial charge on any atom is 0.333 e. The lowest BCUT2D eigenvalue weighted by atomic mass is 10.2. The summed E-state index contributed by atoms with van der Waals surface area (Å²) in [5.74, 6) is 0.251. The van der Waals surface area contributed by atoms with E-state index in [0.29, 0.717) is 21.7 Å². The molecule has 1 heterocycles. The van der Waals surface area contributed by atoms with Gasteiger partial charge in [-0.2, -0.15) is 0 Å². The lowest BCUT2D eigenvalue weighted by Gasteiger charge is -2.10. The fraction of sp³-hybridized carbons (Fsp3) is 0.0625. The highest BCUT2D eigenvalue weighted by atomic mass is 35.5. The third kappa shape index (κ3) is 3.70. The van der Waals surface area contributed by atoms with E-state index < -0.39 is 16.1 Å². The van der Waals surface area contributed by atoms with E-state index >= 15 is 0 Å². The molecule has 0 unspecified atom stereocenters. The molecule has 2 aromatic carbocycles. The van der Waals surface area contributed by atoms with Crippen LogP contribution in [-0.4, -0.2) is 21.6 Å². The maximum atomic E-state index is 12.4. The lowest BCUT2D eigenvalue weighted by Crippen LogP contribution is -2.34. The van der Waals surface area contributed by atoms with Gasteiger partial charge in [0, 0.05) is 22.2 Å². The molecule has 2 N–H and O–H groups in total. The standard InChI is InChI=1S/C16H13ClN2O5S/c1-23-14-9-13(8-10-6-7-24-15(10)14)25(21,22)19-16(20)18-12-4-2-11(17)3-5-12/h2-9H,1H3,(H2,18,19,20). The number of methoxy groups -OCH3 is 1. The molecule has 0 aliphatic rings. The van der Waals surface area contributed by atoms with Crippen molar-refractivity contribution in [2.45, 2.75) is 4.90 Å². The van der Waals surface area contributed by atoms with E-state index in [0.717, 1.165) is 0 Å². The third-order valence-electron chi connectivity index (χ3n) is 3.35. The van der Waals surface area contributed by atoms with E-state index in [1.165, 1.54) is 25.5 Å². The molecule has 0 saturated heterocycles. The molecular formula is C16H13ClN2O5S. The number of halogens is 1. The molecule has 0 saturated carbocycles. The molecule has 0 aliphatic carbocycles. The van der Waals surface area contributed by atoms with E-state index in [9.17, 15) is 13.2 Å². The van der Waals surface area contributed by atoms with Crippen molar-refractivity contribution in [3.63, 3.8) is 0 Å². The Hall–Kier alpha value is -2.71. The molecule has 3 rings (SSSR count). The largest absolute Gasteiger partial charge is 0.493 e. The summed E-state index contributed by atoms with van der Waals surface area (Å²) < 4.78 is 37.2. The van der Waals surface area contributed by atoms with Crippen molar-refractivity contribution in [2.24, 2.45) is 0 Å². The first-order valence-electron chi connectivity index (χ1n) is 7.03. The number of ether oxygens (including phenoxy) is 1. The van der Waals surface area contributed by atoms with Gasteiger partial charge in [-0.1, -0.05) is 11.6 Å². The molecule has 0 bridgehead atoms. The number of furan rings is 1. The zero-order valence-corrected chi connectivity index (χ0v) is 14.5. The van der Waals surface area contributed by atoms with E-state index in [2.05, 4.69) is 5.32 Å². The number of amides is 2. The molecule has 25 heavy (non-hydrogen) atoms. The summed E-state index contributed by atoms with van der Waals surface area (Å²) in [5, 5.41) is 3.46. The van der Waals surface area contributed by atoms with Crippen LogP contribution in [0.3, 0.4) is 0 Å². The van der Waals surface area contributed by atoms with Gasteiger partial charge in [-0.05, 0) is 36.4 Å². The number of urea groups is 1. The van der Waals surface area contributed by atoms with E-state index in [1.807, 2.05) is 4.72 Å². The summed E-state index contributed by atoms with van der Waals surface area (Å²) in [6, 6.07) is 9.62. The Kier molecular flexibility index (Phi) is 4.56. The fourth-order valence-electron chi connectivity index (χ4n) is 2.20. The molecule has 1 aromatic heterocycles. The van der Waals surface area contributed by atoms with Gasteiger partial charge in [-0.25, -0.2) is 17.9 Å². The SMILES string of the molecule is COc1cc(S(=O)(=O)NC(=O)Nc2ccc(Cl)cc2)cc2ccoc12. The van der Waals surface area contributed by atoms with Crippen LogP contribution in [0.15, 0.2) is 58.0 Å². The molecule has 0 atom stereocenters. The van der Waals surface area contributed by atoms with Crippen molar-refractivity contribution in [1.29, 1.82) is 0 Å². The molecule has 3 aromatic rings. The number of carbonyl (C=O) groups excluding carboxylic acids is 1. The molecule has 0 radical (unpaired) electrons. The van der Waals surface area contributed by atoms with Gasteiger partial charge in [0.15, 0.2) is 11.3 Å². The minimum absolute atomic E-state index is 0.121. The summed E-state index contributed by atoms with van der Waals surface area (Å²) in [4.78, 5) is 11.8. The summed E-state index contributed by atoms with van der Waals surface area (Å²) in [7, 11) is -2.70. The van der Waals surface area contributed by atoms with Gasteiger partial charge in [-0.15, -0.1) is 0 Å². The van der Waals surface area contributed by atoms with Gasteiger partial charge in [-0.3, -0.25) is 0 Å². The Morgan fingerprint density at radius 1 is 1.16 bits per heavy atom. The number of carbonyl (C=O) groups is 1.